The average molecular weight is 479 g/mol. The third-order valence-electron chi connectivity index (χ3n) is 4.80. The van der Waals surface area contributed by atoms with Crippen molar-refractivity contribution >= 4 is 50.1 Å². The van der Waals surface area contributed by atoms with E-state index in [1.165, 1.54) is 22.5 Å². The first kappa shape index (κ1) is 22.2. The molecule has 3 aromatic rings. The molecule has 32 heavy (non-hydrogen) atoms. The molecule has 0 radical (unpaired) electrons. The number of H-pyrrole nitrogens is 1. The van der Waals surface area contributed by atoms with Crippen LogP contribution in [0, 0.1) is 0 Å². The van der Waals surface area contributed by atoms with Crippen LogP contribution in [0.15, 0.2) is 47.4 Å². The third-order valence-corrected chi connectivity index (χ3v) is 7.18. The van der Waals surface area contributed by atoms with Gasteiger partial charge in [0.15, 0.2) is 12.3 Å². The maximum Gasteiger partial charge on any atom is 0.359 e. The second kappa shape index (κ2) is 9.25. The number of anilines is 1. The fourth-order valence-corrected chi connectivity index (χ4v) is 5.13. The minimum atomic E-state index is -3.85. The molecular weight excluding hydrogens is 460 g/mol. The van der Waals surface area contributed by atoms with E-state index in [2.05, 4.69) is 15.5 Å². The Labute approximate surface area is 188 Å². The lowest BCUT2D eigenvalue weighted by atomic mass is 10.2. The minimum Gasteiger partial charge on any atom is -0.451 e. The van der Waals surface area contributed by atoms with Crippen molar-refractivity contribution in [2.45, 2.75) is 4.90 Å². The Balaban J connectivity index is 1.42. The van der Waals surface area contributed by atoms with Gasteiger partial charge in [0.25, 0.3) is 5.91 Å². The molecule has 10 nitrogen and oxygen atoms in total. The Morgan fingerprint density at radius 2 is 1.94 bits per heavy atom. The van der Waals surface area contributed by atoms with Gasteiger partial charge in [0.05, 0.1) is 23.8 Å². The number of nitrogens with one attached hydrogen (secondary N) is 2. The van der Waals surface area contributed by atoms with Crippen LogP contribution in [-0.2, 0) is 24.3 Å². The number of morpholine rings is 1. The lowest BCUT2D eigenvalue weighted by Gasteiger charge is -2.26. The Bertz CT molecular complexity index is 1270. The zero-order valence-electron chi connectivity index (χ0n) is 16.7. The molecule has 1 aromatic heterocycles. The number of carbonyl (C=O) groups is 2. The molecule has 2 heterocycles. The fourth-order valence-electron chi connectivity index (χ4n) is 3.22. The Morgan fingerprint density at radius 3 is 2.72 bits per heavy atom. The molecule has 0 unspecified atom stereocenters. The first-order chi connectivity index (χ1) is 15.4. The van der Waals surface area contributed by atoms with Gasteiger partial charge in [-0.25, -0.2) is 13.2 Å². The smallest absolute Gasteiger partial charge is 0.359 e. The van der Waals surface area contributed by atoms with Crippen LogP contribution in [0.5, 0.6) is 0 Å². The normalized spacial score (nSPS) is 14.9. The number of sulfonamides is 1. The highest BCUT2D eigenvalue weighted by Crippen LogP contribution is 2.28. The van der Waals surface area contributed by atoms with E-state index in [1.807, 2.05) is 0 Å². The zero-order valence-corrected chi connectivity index (χ0v) is 18.3. The van der Waals surface area contributed by atoms with Crippen LogP contribution >= 0.6 is 11.6 Å². The van der Waals surface area contributed by atoms with E-state index in [0.29, 0.717) is 24.1 Å². The SMILES string of the molecule is O=C(COC(=O)c1n[nH]c2ccccc12)Nc1ccc(Cl)c(S(=O)(=O)N2CCOCC2)c1. The molecule has 1 saturated heterocycles. The van der Waals surface area contributed by atoms with E-state index >= 15 is 0 Å². The van der Waals surface area contributed by atoms with Crippen molar-refractivity contribution in [2.24, 2.45) is 0 Å². The molecule has 168 valence electrons. The summed E-state index contributed by atoms with van der Waals surface area (Å²) in [7, 11) is -3.85. The Kier molecular flexibility index (Phi) is 6.42. The zero-order chi connectivity index (χ0) is 22.7. The molecule has 2 aromatic carbocycles. The summed E-state index contributed by atoms with van der Waals surface area (Å²) in [5, 5.41) is 9.76. The molecule has 0 aliphatic carbocycles. The van der Waals surface area contributed by atoms with E-state index in [1.54, 1.807) is 24.3 Å². The minimum absolute atomic E-state index is 0.0336. The number of hydrogen-bond acceptors (Lipinski definition) is 7. The molecule has 1 fully saturated rings. The molecule has 0 bridgehead atoms. The number of para-hydroxylation sites is 1. The van der Waals surface area contributed by atoms with Crippen molar-refractivity contribution in [1.29, 1.82) is 0 Å². The Hall–Kier alpha value is -2.99. The van der Waals surface area contributed by atoms with Gasteiger partial charge in [0.2, 0.25) is 10.0 Å². The van der Waals surface area contributed by atoms with Crippen molar-refractivity contribution in [3.63, 3.8) is 0 Å². The average Bonchev–Trinajstić information content (AvgIpc) is 3.23. The van der Waals surface area contributed by atoms with Crippen LogP contribution in [0.4, 0.5) is 5.69 Å². The molecule has 1 aliphatic rings. The maximum absolute atomic E-state index is 12.9. The van der Waals surface area contributed by atoms with E-state index in [9.17, 15) is 18.0 Å². The standard InChI is InChI=1S/C20H19ClN4O6S/c21-15-6-5-13(11-17(15)32(28,29)25-7-9-30-10-8-25)22-18(26)12-31-20(27)19-14-3-1-2-4-16(14)23-24-19/h1-6,11H,7-10,12H2,(H,22,26)(H,23,24). The molecule has 2 N–H and O–H groups in total. The predicted molar refractivity (Wildman–Crippen MR) is 116 cm³/mol. The topological polar surface area (TPSA) is 131 Å². The summed E-state index contributed by atoms with van der Waals surface area (Å²) in [6.07, 6.45) is 0. The maximum atomic E-state index is 12.9. The summed E-state index contributed by atoms with van der Waals surface area (Å²) in [6, 6.07) is 11.1. The van der Waals surface area contributed by atoms with Gasteiger partial charge in [-0.2, -0.15) is 9.40 Å². The number of halogens is 1. The second-order valence-electron chi connectivity index (χ2n) is 6.90. The van der Waals surface area contributed by atoms with Gasteiger partial charge in [-0.05, 0) is 24.3 Å². The quantitative estimate of drug-likeness (QED) is 0.518. The van der Waals surface area contributed by atoms with E-state index < -0.39 is 28.5 Å². The van der Waals surface area contributed by atoms with E-state index in [4.69, 9.17) is 21.1 Å². The molecular formula is C20H19ClN4O6S. The Morgan fingerprint density at radius 1 is 1.19 bits per heavy atom. The predicted octanol–water partition coefficient (Wildman–Crippen LogP) is 2.03. The first-order valence-corrected chi connectivity index (χ1v) is 11.5. The van der Waals surface area contributed by atoms with Crippen LogP contribution in [0.2, 0.25) is 5.02 Å². The largest absolute Gasteiger partial charge is 0.451 e. The lowest BCUT2D eigenvalue weighted by Crippen LogP contribution is -2.40. The summed E-state index contributed by atoms with van der Waals surface area (Å²) >= 11 is 6.11. The fraction of sp³-hybridized carbons (Fsp3) is 0.250. The van der Waals surface area contributed by atoms with E-state index in [0.717, 1.165) is 0 Å². The number of nitrogens with zero attached hydrogens (tertiary/aromatic N) is 2. The molecule has 12 heteroatoms. The van der Waals surface area contributed by atoms with Crippen LogP contribution in [0.3, 0.4) is 0 Å². The van der Waals surface area contributed by atoms with Crippen molar-refractivity contribution in [3.8, 4) is 0 Å². The number of ether oxygens (including phenoxy) is 2. The van der Waals surface area contributed by atoms with Crippen LogP contribution in [0.25, 0.3) is 10.9 Å². The summed E-state index contributed by atoms with van der Waals surface area (Å²) in [6.45, 7) is 0.447. The van der Waals surface area contributed by atoms with Crippen LogP contribution < -0.4 is 5.32 Å². The summed E-state index contributed by atoms with van der Waals surface area (Å²) in [5.74, 6) is -1.40. The summed E-state index contributed by atoms with van der Waals surface area (Å²) in [5.41, 5.74) is 0.936. The summed E-state index contributed by atoms with van der Waals surface area (Å²) in [4.78, 5) is 24.4. The highest BCUT2D eigenvalue weighted by Gasteiger charge is 2.28. The van der Waals surface area contributed by atoms with Crippen molar-refractivity contribution in [3.05, 3.63) is 53.2 Å². The van der Waals surface area contributed by atoms with Crippen molar-refractivity contribution in [1.82, 2.24) is 14.5 Å². The highest BCUT2D eigenvalue weighted by atomic mass is 35.5. The molecule has 0 saturated carbocycles. The molecule has 0 atom stereocenters. The number of carbonyl (C=O) groups excluding carboxylic acids is 2. The molecule has 0 spiro atoms. The lowest BCUT2D eigenvalue weighted by molar-refractivity contribution is -0.119. The number of fused-ring (bicyclic) bond motifs is 1. The summed E-state index contributed by atoms with van der Waals surface area (Å²) < 4.78 is 37.3. The molecule has 4 rings (SSSR count). The second-order valence-corrected chi connectivity index (χ2v) is 9.22. The van der Waals surface area contributed by atoms with Gasteiger partial charge < -0.3 is 14.8 Å². The number of aromatic amines is 1. The highest BCUT2D eigenvalue weighted by molar-refractivity contribution is 7.89. The molecule has 1 amide bonds. The van der Waals surface area contributed by atoms with Crippen LogP contribution in [0.1, 0.15) is 10.5 Å². The van der Waals surface area contributed by atoms with Crippen molar-refractivity contribution < 1.29 is 27.5 Å². The molecule has 1 aliphatic heterocycles. The van der Waals surface area contributed by atoms with Gasteiger partial charge in [-0.3, -0.25) is 9.89 Å². The monoisotopic (exact) mass is 478 g/mol. The first-order valence-electron chi connectivity index (χ1n) is 9.64. The number of amides is 1. The number of hydrogen-bond donors (Lipinski definition) is 2. The number of esters is 1. The van der Waals surface area contributed by atoms with Gasteiger partial charge in [0, 0.05) is 24.2 Å². The van der Waals surface area contributed by atoms with Gasteiger partial charge >= 0.3 is 5.97 Å². The van der Waals surface area contributed by atoms with Gasteiger partial charge in [-0.15, -0.1) is 0 Å². The van der Waals surface area contributed by atoms with Crippen LogP contribution in [-0.4, -0.2) is 67.7 Å². The third kappa shape index (κ3) is 4.60. The van der Waals surface area contributed by atoms with Gasteiger partial charge in [0.1, 0.15) is 4.90 Å². The van der Waals surface area contributed by atoms with E-state index in [-0.39, 0.29) is 34.4 Å². The number of aromatic nitrogens is 2. The van der Waals surface area contributed by atoms with Crippen molar-refractivity contribution in [2.75, 3.05) is 38.2 Å². The van der Waals surface area contributed by atoms with Gasteiger partial charge in [-0.1, -0.05) is 29.8 Å². The number of benzene rings is 2. The number of rotatable bonds is 6.